The molecule has 0 aliphatic carbocycles. The molecule has 2 heterocycles. The van der Waals surface area contributed by atoms with E-state index in [9.17, 15) is 9.90 Å². The van der Waals surface area contributed by atoms with Crippen molar-refractivity contribution in [1.29, 1.82) is 0 Å². The number of H-pyrrole nitrogens is 1. The van der Waals surface area contributed by atoms with Gasteiger partial charge in [-0.1, -0.05) is 42.5 Å². The van der Waals surface area contributed by atoms with Gasteiger partial charge in [0.05, 0.1) is 12.0 Å². The molecular formula is C25H30N4O2. The summed E-state index contributed by atoms with van der Waals surface area (Å²) in [4.78, 5) is 19.8. The normalized spacial score (nSPS) is 20.4. The lowest BCUT2D eigenvalue weighted by molar-refractivity contribution is -0.117. The van der Waals surface area contributed by atoms with Gasteiger partial charge < -0.3 is 20.7 Å². The molecule has 0 spiro atoms. The maximum Gasteiger partial charge on any atom is 0.233 e. The molecule has 1 fully saturated rings. The summed E-state index contributed by atoms with van der Waals surface area (Å²) in [5.74, 6) is 0.446. The van der Waals surface area contributed by atoms with Crippen molar-refractivity contribution < 1.29 is 9.90 Å². The van der Waals surface area contributed by atoms with Gasteiger partial charge in [-0.15, -0.1) is 0 Å². The molecule has 0 saturated carbocycles. The van der Waals surface area contributed by atoms with E-state index in [-0.39, 0.29) is 17.9 Å². The van der Waals surface area contributed by atoms with Gasteiger partial charge >= 0.3 is 0 Å². The Hall–Kier alpha value is -2.96. The Morgan fingerprint density at radius 2 is 1.90 bits per heavy atom. The Kier molecular flexibility index (Phi) is 6.49. The van der Waals surface area contributed by atoms with Crippen LogP contribution in [0.1, 0.15) is 54.4 Å². The van der Waals surface area contributed by atoms with Crippen molar-refractivity contribution in [2.45, 2.75) is 57.2 Å². The fourth-order valence-electron chi connectivity index (χ4n) is 4.20. The van der Waals surface area contributed by atoms with E-state index < -0.39 is 6.10 Å². The summed E-state index contributed by atoms with van der Waals surface area (Å²) in [6, 6.07) is 18.3. The molecule has 6 nitrogen and oxygen atoms in total. The van der Waals surface area contributed by atoms with Crippen LogP contribution in [0.25, 0.3) is 0 Å². The summed E-state index contributed by atoms with van der Waals surface area (Å²) in [7, 11) is 0. The molecule has 1 saturated heterocycles. The minimum absolute atomic E-state index is 0.0633. The molecule has 162 valence electrons. The second-order valence-electron chi connectivity index (χ2n) is 8.44. The molecule has 0 bridgehead atoms. The quantitative estimate of drug-likeness (QED) is 0.469. The molecule has 4 rings (SSSR count). The number of nitrogens with zero attached hydrogens (tertiary/aromatic N) is 1. The van der Waals surface area contributed by atoms with Crippen molar-refractivity contribution in [2.75, 3.05) is 5.32 Å². The Bertz CT molecular complexity index is 1000. The van der Waals surface area contributed by atoms with Gasteiger partial charge in [0, 0.05) is 29.7 Å². The molecule has 1 aromatic heterocycles. The van der Waals surface area contributed by atoms with Gasteiger partial charge in [-0.25, -0.2) is 4.98 Å². The Morgan fingerprint density at radius 3 is 2.58 bits per heavy atom. The molecule has 1 amide bonds. The molecule has 6 heteroatoms. The predicted molar refractivity (Wildman–Crippen MR) is 122 cm³/mol. The summed E-state index contributed by atoms with van der Waals surface area (Å²) in [5.41, 5.74) is 3.77. The van der Waals surface area contributed by atoms with E-state index in [1.165, 1.54) is 5.56 Å². The number of aryl methyl sites for hydroxylation is 1. The van der Waals surface area contributed by atoms with Gasteiger partial charge in [0.15, 0.2) is 0 Å². The number of amides is 1. The number of hydrogen-bond donors (Lipinski definition) is 4. The van der Waals surface area contributed by atoms with E-state index in [0.29, 0.717) is 6.04 Å². The minimum Gasteiger partial charge on any atom is -0.387 e. The van der Waals surface area contributed by atoms with E-state index in [0.717, 1.165) is 42.0 Å². The van der Waals surface area contributed by atoms with Gasteiger partial charge in [-0.05, 0) is 56.4 Å². The van der Waals surface area contributed by atoms with Crippen molar-refractivity contribution in [3.8, 4) is 0 Å². The van der Waals surface area contributed by atoms with Crippen LogP contribution in [0.5, 0.6) is 0 Å². The fraction of sp³-hybridized carbons (Fsp3) is 0.360. The Morgan fingerprint density at radius 1 is 1.16 bits per heavy atom. The highest BCUT2D eigenvalue weighted by Crippen LogP contribution is 2.27. The summed E-state index contributed by atoms with van der Waals surface area (Å²) in [6.07, 6.45) is 4.12. The first-order valence-electron chi connectivity index (χ1n) is 10.9. The van der Waals surface area contributed by atoms with E-state index in [1.807, 2.05) is 56.3 Å². The molecule has 1 aliphatic heterocycles. The third-order valence-corrected chi connectivity index (χ3v) is 6.08. The highest BCUT2D eigenvalue weighted by atomic mass is 16.3. The smallest absolute Gasteiger partial charge is 0.233 e. The molecule has 3 aromatic rings. The van der Waals surface area contributed by atoms with Crippen LogP contribution in [0, 0.1) is 6.92 Å². The van der Waals surface area contributed by atoms with Gasteiger partial charge in [-0.2, -0.15) is 0 Å². The summed E-state index contributed by atoms with van der Waals surface area (Å²) < 4.78 is 0. The molecule has 1 unspecified atom stereocenters. The number of aromatic nitrogens is 2. The number of aliphatic hydroxyl groups is 1. The number of nitrogens with one attached hydrogen (secondary N) is 3. The highest BCUT2D eigenvalue weighted by molar-refractivity contribution is 5.95. The number of carbonyl (C=O) groups is 1. The van der Waals surface area contributed by atoms with Gasteiger partial charge in [0.25, 0.3) is 0 Å². The fourth-order valence-corrected chi connectivity index (χ4v) is 4.20. The van der Waals surface area contributed by atoms with Crippen LogP contribution in [0.15, 0.2) is 60.8 Å². The van der Waals surface area contributed by atoms with Crippen molar-refractivity contribution in [2.24, 2.45) is 0 Å². The van der Waals surface area contributed by atoms with Crippen LogP contribution >= 0.6 is 0 Å². The maximum absolute atomic E-state index is 12.5. The SMILES string of the molecule is Cc1ncc(C(C)C(=O)Nc2ccc(C[C@@H]3CC[C@H]([C@H](O)c4ccccc4)N3)cc2)[nH]1. The first kappa shape index (κ1) is 21.3. The van der Waals surface area contributed by atoms with Crippen LogP contribution in [-0.2, 0) is 11.2 Å². The van der Waals surface area contributed by atoms with Crippen LogP contribution in [0.4, 0.5) is 5.69 Å². The molecule has 4 atom stereocenters. The molecular weight excluding hydrogens is 388 g/mol. The van der Waals surface area contributed by atoms with Gasteiger partial charge in [-0.3, -0.25) is 4.79 Å². The second-order valence-corrected chi connectivity index (χ2v) is 8.44. The lowest BCUT2D eigenvalue weighted by atomic mass is 10.0. The van der Waals surface area contributed by atoms with Crippen LogP contribution in [0.2, 0.25) is 0 Å². The number of carbonyl (C=O) groups excluding carboxylic acids is 1. The van der Waals surface area contributed by atoms with Gasteiger partial charge in [0.2, 0.25) is 5.91 Å². The van der Waals surface area contributed by atoms with E-state index in [1.54, 1.807) is 6.20 Å². The Balaban J connectivity index is 1.29. The van der Waals surface area contributed by atoms with Crippen LogP contribution < -0.4 is 10.6 Å². The zero-order valence-electron chi connectivity index (χ0n) is 18.0. The molecule has 0 radical (unpaired) electrons. The van der Waals surface area contributed by atoms with Gasteiger partial charge in [0.1, 0.15) is 5.82 Å². The topological polar surface area (TPSA) is 90.0 Å². The molecule has 2 aromatic carbocycles. The molecule has 1 aliphatic rings. The van der Waals surface area contributed by atoms with Crippen molar-refractivity contribution in [1.82, 2.24) is 15.3 Å². The maximum atomic E-state index is 12.5. The summed E-state index contributed by atoms with van der Waals surface area (Å²) >= 11 is 0. The average molecular weight is 419 g/mol. The number of rotatable bonds is 7. The largest absolute Gasteiger partial charge is 0.387 e. The van der Waals surface area contributed by atoms with Crippen molar-refractivity contribution >= 4 is 11.6 Å². The number of aromatic amines is 1. The van der Waals surface area contributed by atoms with Crippen LogP contribution in [0.3, 0.4) is 0 Å². The van der Waals surface area contributed by atoms with Crippen molar-refractivity contribution in [3.63, 3.8) is 0 Å². The second kappa shape index (κ2) is 9.45. The summed E-state index contributed by atoms with van der Waals surface area (Å²) in [6.45, 7) is 3.74. The van der Waals surface area contributed by atoms with Crippen LogP contribution in [-0.4, -0.2) is 33.1 Å². The zero-order valence-corrected chi connectivity index (χ0v) is 18.0. The first-order chi connectivity index (χ1) is 15.0. The number of anilines is 1. The third-order valence-electron chi connectivity index (χ3n) is 6.08. The molecule has 31 heavy (non-hydrogen) atoms. The van der Waals surface area contributed by atoms with E-state index in [4.69, 9.17) is 0 Å². The molecule has 4 N–H and O–H groups in total. The van der Waals surface area contributed by atoms with E-state index in [2.05, 4.69) is 32.7 Å². The summed E-state index contributed by atoms with van der Waals surface area (Å²) in [5, 5.41) is 17.2. The van der Waals surface area contributed by atoms with E-state index >= 15 is 0 Å². The van der Waals surface area contributed by atoms with Crippen molar-refractivity contribution in [3.05, 3.63) is 83.4 Å². The number of imidazole rings is 1. The number of benzene rings is 2. The highest BCUT2D eigenvalue weighted by Gasteiger charge is 2.29. The number of hydrogen-bond acceptors (Lipinski definition) is 4. The lowest BCUT2D eigenvalue weighted by Gasteiger charge is -2.20. The zero-order chi connectivity index (χ0) is 21.8. The first-order valence-corrected chi connectivity index (χ1v) is 10.9. The standard InChI is InChI=1S/C25H30N4O2/c1-16(23-15-26-17(2)27-23)25(31)29-20-10-8-18(9-11-20)14-21-12-13-22(28-21)24(30)19-6-4-3-5-7-19/h3-11,15-16,21-22,24,28,30H,12-14H2,1-2H3,(H,26,27)(H,29,31)/t16?,21-,22+,24+/m0/s1. The minimum atomic E-state index is -0.482. The Labute approximate surface area is 183 Å². The monoisotopic (exact) mass is 418 g/mol. The third kappa shape index (κ3) is 5.21. The number of aliphatic hydroxyl groups excluding tert-OH is 1. The lowest BCUT2D eigenvalue weighted by Crippen LogP contribution is -2.35. The predicted octanol–water partition coefficient (Wildman–Crippen LogP) is 3.86. The average Bonchev–Trinajstić information content (AvgIpc) is 3.44.